The maximum atomic E-state index is 10.7. The van der Waals surface area contributed by atoms with Crippen molar-refractivity contribution < 1.29 is 9.63 Å². The fourth-order valence-corrected chi connectivity index (χ4v) is 1.76. The fraction of sp³-hybridized carbons (Fsp3) is 0.857. The highest BCUT2D eigenvalue weighted by Gasteiger charge is 2.33. The van der Waals surface area contributed by atoms with Gasteiger partial charge in [0.25, 0.3) is 0 Å². The molecule has 0 aliphatic carbocycles. The van der Waals surface area contributed by atoms with E-state index in [4.69, 9.17) is 0 Å². The molecule has 0 bridgehead atoms. The van der Waals surface area contributed by atoms with Crippen LogP contribution < -0.4 is 10.8 Å². The summed E-state index contributed by atoms with van der Waals surface area (Å²) in [6.07, 6.45) is 0.745. The summed E-state index contributed by atoms with van der Waals surface area (Å²) in [7, 11) is 2.08. The Labute approximate surface area is 71.0 Å². The zero-order valence-electron chi connectivity index (χ0n) is 7.04. The van der Waals surface area contributed by atoms with Crippen molar-refractivity contribution in [2.75, 3.05) is 20.1 Å². The van der Waals surface area contributed by atoms with Gasteiger partial charge in [0.15, 0.2) is 0 Å². The number of rotatable bonds is 1. The van der Waals surface area contributed by atoms with Gasteiger partial charge in [0, 0.05) is 12.5 Å². The van der Waals surface area contributed by atoms with E-state index in [1.807, 2.05) is 0 Å². The monoisotopic (exact) mass is 171 g/mol. The minimum Gasteiger partial charge on any atom is -0.352 e. The molecule has 2 rings (SSSR count). The van der Waals surface area contributed by atoms with Gasteiger partial charge in [0.2, 0.25) is 0 Å². The molecule has 0 aromatic rings. The van der Waals surface area contributed by atoms with Crippen LogP contribution in [0.3, 0.4) is 0 Å². The standard InChI is InChI=1S/C7H13N3O2/c1-10-3-2-5(4-10)6-8-7(11)12-9-6/h5-6,9H,2-4H2,1H3,(H,8,11)/t5-,6?/m1/s1. The normalized spacial score (nSPS) is 36.6. The largest absolute Gasteiger partial charge is 0.427 e. The van der Waals surface area contributed by atoms with Crippen LogP contribution in [0.4, 0.5) is 4.79 Å². The van der Waals surface area contributed by atoms with Crippen molar-refractivity contribution in [3.63, 3.8) is 0 Å². The third-order valence-corrected chi connectivity index (χ3v) is 2.45. The third kappa shape index (κ3) is 1.37. The average Bonchev–Trinajstić information content (AvgIpc) is 2.58. The lowest BCUT2D eigenvalue weighted by molar-refractivity contribution is 0.111. The highest BCUT2D eigenvalue weighted by molar-refractivity contribution is 5.68. The van der Waals surface area contributed by atoms with E-state index in [9.17, 15) is 4.79 Å². The average molecular weight is 171 g/mol. The molecule has 2 aliphatic rings. The molecule has 1 unspecified atom stereocenters. The Morgan fingerprint density at radius 1 is 1.67 bits per heavy atom. The van der Waals surface area contributed by atoms with Gasteiger partial charge in [-0.2, -0.15) is 0 Å². The molecule has 0 aromatic heterocycles. The Hall–Kier alpha value is -0.810. The minimum atomic E-state index is -0.366. The maximum Gasteiger partial charge on any atom is 0.427 e. The molecule has 5 nitrogen and oxygen atoms in total. The van der Waals surface area contributed by atoms with Gasteiger partial charge in [-0.05, 0) is 20.0 Å². The van der Waals surface area contributed by atoms with Gasteiger partial charge < -0.3 is 15.1 Å². The molecular weight excluding hydrogens is 158 g/mol. The number of hydrogen-bond donors (Lipinski definition) is 2. The second kappa shape index (κ2) is 2.91. The predicted octanol–water partition coefficient (Wildman–Crippen LogP) is -0.491. The van der Waals surface area contributed by atoms with Crippen LogP contribution in [0.2, 0.25) is 0 Å². The van der Waals surface area contributed by atoms with Crippen LogP contribution >= 0.6 is 0 Å². The van der Waals surface area contributed by atoms with Gasteiger partial charge in [-0.15, -0.1) is 5.48 Å². The molecule has 0 radical (unpaired) electrons. The van der Waals surface area contributed by atoms with E-state index in [1.165, 1.54) is 0 Å². The van der Waals surface area contributed by atoms with Crippen molar-refractivity contribution in [3.05, 3.63) is 0 Å². The fourth-order valence-electron chi connectivity index (χ4n) is 1.76. The molecule has 12 heavy (non-hydrogen) atoms. The van der Waals surface area contributed by atoms with E-state index in [1.54, 1.807) is 0 Å². The van der Waals surface area contributed by atoms with E-state index < -0.39 is 0 Å². The Bertz CT molecular complexity index is 197. The number of hydroxylamine groups is 1. The number of nitrogens with zero attached hydrogens (tertiary/aromatic N) is 1. The van der Waals surface area contributed by atoms with Crippen molar-refractivity contribution in [1.82, 2.24) is 15.7 Å². The molecule has 68 valence electrons. The first kappa shape index (κ1) is 7.82. The molecule has 2 heterocycles. The molecule has 1 amide bonds. The van der Waals surface area contributed by atoms with Crippen LogP contribution in [-0.4, -0.2) is 37.3 Å². The summed E-state index contributed by atoms with van der Waals surface area (Å²) < 4.78 is 0. The van der Waals surface area contributed by atoms with Gasteiger partial charge in [0.05, 0.1) is 0 Å². The molecule has 5 heteroatoms. The smallest absolute Gasteiger partial charge is 0.352 e. The molecule has 2 fully saturated rings. The lowest BCUT2D eigenvalue weighted by atomic mass is 10.1. The van der Waals surface area contributed by atoms with Crippen molar-refractivity contribution in [1.29, 1.82) is 0 Å². The topological polar surface area (TPSA) is 53.6 Å². The Kier molecular flexibility index (Phi) is 1.90. The van der Waals surface area contributed by atoms with E-state index >= 15 is 0 Å². The quantitative estimate of drug-likeness (QED) is 0.559. The summed E-state index contributed by atoms with van der Waals surface area (Å²) in [6, 6.07) is 0. The third-order valence-electron chi connectivity index (χ3n) is 2.45. The zero-order chi connectivity index (χ0) is 8.55. The van der Waals surface area contributed by atoms with Gasteiger partial charge >= 0.3 is 6.09 Å². The number of carbonyl (C=O) groups excluding carboxylic acids is 1. The number of amides is 1. The van der Waals surface area contributed by atoms with E-state index in [0.717, 1.165) is 19.5 Å². The Balaban J connectivity index is 1.89. The maximum absolute atomic E-state index is 10.7. The number of carbonyl (C=O) groups is 1. The molecule has 0 saturated carbocycles. The van der Waals surface area contributed by atoms with Gasteiger partial charge in [0.1, 0.15) is 6.17 Å². The summed E-state index contributed by atoms with van der Waals surface area (Å²) in [5, 5.41) is 2.72. The molecule has 2 saturated heterocycles. The van der Waals surface area contributed by atoms with Gasteiger partial charge in [-0.25, -0.2) is 4.79 Å². The summed E-state index contributed by atoms with van der Waals surface area (Å²) in [4.78, 5) is 17.5. The van der Waals surface area contributed by atoms with Gasteiger partial charge in [-0.3, -0.25) is 0 Å². The lowest BCUT2D eigenvalue weighted by Gasteiger charge is -2.15. The SMILES string of the molecule is CN1CC[C@@H](C2NOC(=O)N2)C1. The second-order valence-electron chi connectivity index (χ2n) is 3.44. The highest BCUT2D eigenvalue weighted by Crippen LogP contribution is 2.18. The first-order valence-corrected chi connectivity index (χ1v) is 4.17. The van der Waals surface area contributed by atoms with Crippen LogP contribution in [0.1, 0.15) is 6.42 Å². The summed E-state index contributed by atoms with van der Waals surface area (Å²) in [5.41, 5.74) is 2.68. The molecule has 2 atom stereocenters. The summed E-state index contributed by atoms with van der Waals surface area (Å²) in [5.74, 6) is 0.474. The van der Waals surface area contributed by atoms with E-state index in [2.05, 4.69) is 27.6 Å². The lowest BCUT2D eigenvalue weighted by Crippen LogP contribution is -2.40. The first-order chi connectivity index (χ1) is 5.75. The molecule has 2 N–H and O–H groups in total. The van der Waals surface area contributed by atoms with Crippen molar-refractivity contribution in [2.45, 2.75) is 12.6 Å². The summed E-state index contributed by atoms with van der Waals surface area (Å²) >= 11 is 0. The number of nitrogens with one attached hydrogen (secondary N) is 2. The van der Waals surface area contributed by atoms with Crippen LogP contribution in [-0.2, 0) is 4.84 Å². The van der Waals surface area contributed by atoms with Gasteiger partial charge in [-0.1, -0.05) is 0 Å². The van der Waals surface area contributed by atoms with Crippen LogP contribution in [0.25, 0.3) is 0 Å². The van der Waals surface area contributed by atoms with Crippen molar-refractivity contribution in [2.24, 2.45) is 5.92 Å². The molecule has 0 spiro atoms. The number of likely N-dealkylation sites (tertiary alicyclic amines) is 1. The molecule has 0 aromatic carbocycles. The van der Waals surface area contributed by atoms with Crippen LogP contribution in [0.15, 0.2) is 0 Å². The first-order valence-electron chi connectivity index (χ1n) is 4.17. The highest BCUT2D eigenvalue weighted by atomic mass is 16.7. The summed E-state index contributed by atoms with van der Waals surface area (Å²) in [6.45, 7) is 2.11. The van der Waals surface area contributed by atoms with E-state index in [0.29, 0.717) is 5.92 Å². The predicted molar refractivity (Wildman–Crippen MR) is 42.1 cm³/mol. The van der Waals surface area contributed by atoms with Crippen molar-refractivity contribution in [3.8, 4) is 0 Å². The Morgan fingerprint density at radius 3 is 3.00 bits per heavy atom. The zero-order valence-corrected chi connectivity index (χ0v) is 7.04. The van der Waals surface area contributed by atoms with Crippen LogP contribution in [0, 0.1) is 5.92 Å². The molecular formula is C7H13N3O2. The minimum absolute atomic E-state index is 0.00227. The molecule has 2 aliphatic heterocycles. The Morgan fingerprint density at radius 2 is 2.50 bits per heavy atom. The second-order valence-corrected chi connectivity index (χ2v) is 3.44. The van der Waals surface area contributed by atoms with E-state index in [-0.39, 0.29) is 12.3 Å². The van der Waals surface area contributed by atoms with Crippen molar-refractivity contribution >= 4 is 6.09 Å². The van der Waals surface area contributed by atoms with Crippen LogP contribution in [0.5, 0.6) is 0 Å². The number of hydrogen-bond acceptors (Lipinski definition) is 4.